The molecule has 2 aromatic carbocycles. The Morgan fingerprint density at radius 1 is 1.12 bits per heavy atom. The standard InChI is InChI=1S/C20H18F2N2O6S2/c1-29-13-3-5-14(6-4-13)32(27,28)8-7-17(25)23-20-24(11-18(26)30-2)19-15(22)9-12(21)10-16(19)31-20/h3-6,9-10H,7-8,11H2,1-2H3. The number of halogens is 2. The lowest BCUT2D eigenvalue weighted by molar-refractivity contribution is -0.141. The summed E-state index contributed by atoms with van der Waals surface area (Å²) in [5.74, 6) is -3.32. The first-order valence-electron chi connectivity index (χ1n) is 9.14. The summed E-state index contributed by atoms with van der Waals surface area (Å²) in [6, 6.07) is 7.40. The second-order valence-corrected chi connectivity index (χ2v) is 9.65. The van der Waals surface area contributed by atoms with Gasteiger partial charge in [-0.1, -0.05) is 11.3 Å². The highest BCUT2D eigenvalue weighted by Crippen LogP contribution is 2.22. The zero-order valence-electron chi connectivity index (χ0n) is 17.0. The molecule has 0 unspecified atom stereocenters. The van der Waals surface area contributed by atoms with Crippen LogP contribution < -0.4 is 9.54 Å². The number of amides is 1. The van der Waals surface area contributed by atoms with Gasteiger partial charge in [-0.05, 0) is 30.3 Å². The van der Waals surface area contributed by atoms with E-state index in [-0.39, 0.29) is 19.9 Å². The van der Waals surface area contributed by atoms with E-state index in [0.29, 0.717) is 11.8 Å². The summed E-state index contributed by atoms with van der Waals surface area (Å²) in [7, 11) is -1.18. The zero-order chi connectivity index (χ0) is 23.5. The normalized spacial score (nSPS) is 12.2. The van der Waals surface area contributed by atoms with Crippen LogP contribution in [0.15, 0.2) is 46.3 Å². The molecular formula is C20H18F2N2O6S2. The van der Waals surface area contributed by atoms with Gasteiger partial charge in [0.1, 0.15) is 18.1 Å². The number of rotatable bonds is 7. The second-order valence-electron chi connectivity index (χ2n) is 6.53. The molecule has 170 valence electrons. The molecule has 3 aromatic rings. The third-order valence-electron chi connectivity index (χ3n) is 4.43. The van der Waals surface area contributed by atoms with Crippen LogP contribution in [0.3, 0.4) is 0 Å². The van der Waals surface area contributed by atoms with Crippen molar-refractivity contribution in [1.82, 2.24) is 4.57 Å². The number of nitrogens with zero attached hydrogens (tertiary/aromatic N) is 2. The Labute approximate surface area is 185 Å². The van der Waals surface area contributed by atoms with E-state index in [0.717, 1.165) is 29.1 Å². The lowest BCUT2D eigenvalue weighted by atomic mass is 10.3. The minimum Gasteiger partial charge on any atom is -0.497 e. The number of sulfone groups is 1. The minimum atomic E-state index is -3.77. The largest absolute Gasteiger partial charge is 0.497 e. The maximum atomic E-state index is 14.3. The predicted octanol–water partition coefficient (Wildman–Crippen LogP) is 2.45. The molecule has 0 aliphatic heterocycles. The average Bonchev–Trinajstić information content (AvgIpc) is 3.08. The van der Waals surface area contributed by atoms with E-state index in [2.05, 4.69) is 9.73 Å². The van der Waals surface area contributed by atoms with Crippen LogP contribution in [0.5, 0.6) is 5.75 Å². The van der Waals surface area contributed by atoms with Crippen LogP contribution in [-0.2, 0) is 30.7 Å². The number of hydrogen-bond donors (Lipinski definition) is 0. The molecule has 0 atom stereocenters. The zero-order valence-corrected chi connectivity index (χ0v) is 18.6. The molecule has 12 heteroatoms. The van der Waals surface area contributed by atoms with Gasteiger partial charge in [0.25, 0.3) is 0 Å². The molecule has 0 bridgehead atoms. The van der Waals surface area contributed by atoms with Crippen LogP contribution in [0.1, 0.15) is 6.42 Å². The van der Waals surface area contributed by atoms with E-state index in [9.17, 15) is 26.8 Å². The monoisotopic (exact) mass is 484 g/mol. The molecule has 1 heterocycles. The van der Waals surface area contributed by atoms with Gasteiger partial charge in [0, 0.05) is 12.5 Å². The van der Waals surface area contributed by atoms with Crippen molar-refractivity contribution in [2.45, 2.75) is 17.9 Å². The van der Waals surface area contributed by atoms with Crippen LogP contribution in [-0.4, -0.2) is 44.8 Å². The second kappa shape index (κ2) is 9.57. The number of ether oxygens (including phenoxy) is 2. The van der Waals surface area contributed by atoms with E-state index in [4.69, 9.17) is 4.74 Å². The molecule has 0 spiro atoms. The molecule has 0 N–H and O–H groups in total. The number of hydrogen-bond acceptors (Lipinski definition) is 7. The van der Waals surface area contributed by atoms with E-state index in [1.807, 2.05) is 0 Å². The van der Waals surface area contributed by atoms with Crippen LogP contribution >= 0.6 is 11.3 Å². The molecule has 0 saturated heterocycles. The van der Waals surface area contributed by atoms with Crippen molar-refractivity contribution < 1.29 is 36.3 Å². The summed E-state index contributed by atoms with van der Waals surface area (Å²) in [5.41, 5.74) is -0.112. The fourth-order valence-electron chi connectivity index (χ4n) is 2.84. The minimum absolute atomic E-state index is 0.0197. The molecule has 0 radical (unpaired) electrons. The molecule has 32 heavy (non-hydrogen) atoms. The molecule has 1 aromatic heterocycles. The summed E-state index contributed by atoms with van der Waals surface area (Å²) in [5, 5.41) is 0. The van der Waals surface area contributed by atoms with Crippen molar-refractivity contribution in [1.29, 1.82) is 0 Å². The molecule has 1 amide bonds. The van der Waals surface area contributed by atoms with Crippen molar-refractivity contribution in [2.75, 3.05) is 20.0 Å². The number of aromatic nitrogens is 1. The Bertz CT molecular complexity index is 1340. The van der Waals surface area contributed by atoms with Gasteiger partial charge in [-0.2, -0.15) is 4.99 Å². The number of benzene rings is 2. The van der Waals surface area contributed by atoms with Crippen molar-refractivity contribution in [3.63, 3.8) is 0 Å². The summed E-state index contributed by atoms with van der Waals surface area (Å²) in [6.45, 7) is -0.463. The van der Waals surface area contributed by atoms with Gasteiger partial charge in [-0.15, -0.1) is 0 Å². The Hall–Kier alpha value is -3.12. The van der Waals surface area contributed by atoms with Crippen molar-refractivity contribution in [3.05, 3.63) is 52.8 Å². The number of carbonyl (C=O) groups excluding carboxylic acids is 2. The van der Waals surface area contributed by atoms with Gasteiger partial charge < -0.3 is 14.0 Å². The summed E-state index contributed by atoms with van der Waals surface area (Å²) in [6.07, 6.45) is -0.447. The average molecular weight is 485 g/mol. The first kappa shape index (κ1) is 23.5. The first-order chi connectivity index (χ1) is 15.1. The van der Waals surface area contributed by atoms with Crippen LogP contribution in [0.25, 0.3) is 10.2 Å². The molecule has 0 fully saturated rings. The molecule has 0 aliphatic rings. The maximum absolute atomic E-state index is 14.3. The van der Waals surface area contributed by atoms with Gasteiger partial charge in [0.15, 0.2) is 20.5 Å². The van der Waals surface area contributed by atoms with Crippen molar-refractivity contribution in [3.8, 4) is 5.75 Å². The van der Waals surface area contributed by atoms with Crippen LogP contribution in [0.2, 0.25) is 0 Å². The Balaban J connectivity index is 1.90. The van der Waals surface area contributed by atoms with E-state index in [1.165, 1.54) is 31.4 Å². The Morgan fingerprint density at radius 2 is 1.81 bits per heavy atom. The van der Waals surface area contributed by atoms with Crippen molar-refractivity contribution >= 4 is 43.3 Å². The fourth-order valence-corrected chi connectivity index (χ4v) is 5.16. The highest BCUT2D eigenvalue weighted by molar-refractivity contribution is 7.91. The molecule has 8 nitrogen and oxygen atoms in total. The smallest absolute Gasteiger partial charge is 0.325 e. The highest BCUT2D eigenvalue weighted by Gasteiger charge is 2.19. The lowest BCUT2D eigenvalue weighted by Crippen LogP contribution is -2.23. The maximum Gasteiger partial charge on any atom is 0.325 e. The van der Waals surface area contributed by atoms with Gasteiger partial charge in [-0.25, -0.2) is 17.2 Å². The van der Waals surface area contributed by atoms with E-state index >= 15 is 0 Å². The number of carbonyl (C=O) groups is 2. The Morgan fingerprint density at radius 3 is 2.44 bits per heavy atom. The van der Waals surface area contributed by atoms with E-state index < -0.39 is 52.1 Å². The summed E-state index contributed by atoms with van der Waals surface area (Å²) < 4.78 is 63.7. The van der Waals surface area contributed by atoms with Gasteiger partial charge in [-0.3, -0.25) is 9.59 Å². The first-order valence-corrected chi connectivity index (χ1v) is 11.6. The number of thiazole rings is 1. The number of fused-ring (bicyclic) bond motifs is 1. The third kappa shape index (κ3) is 5.19. The summed E-state index contributed by atoms with van der Waals surface area (Å²) in [4.78, 5) is 27.9. The fraction of sp³-hybridized carbons (Fsp3) is 0.250. The molecule has 0 aliphatic carbocycles. The highest BCUT2D eigenvalue weighted by atomic mass is 32.2. The Kier molecular flexibility index (Phi) is 7.04. The summed E-state index contributed by atoms with van der Waals surface area (Å²) >= 11 is 0.791. The lowest BCUT2D eigenvalue weighted by Gasteiger charge is -2.05. The SMILES string of the molecule is COC(=O)Cn1c(=NC(=O)CCS(=O)(=O)c2ccc(OC)cc2)sc2cc(F)cc(F)c21. The van der Waals surface area contributed by atoms with Gasteiger partial charge >= 0.3 is 5.97 Å². The molecule has 0 saturated carbocycles. The number of methoxy groups -OCH3 is 2. The number of esters is 1. The predicted molar refractivity (Wildman–Crippen MR) is 112 cm³/mol. The van der Waals surface area contributed by atoms with Crippen molar-refractivity contribution in [2.24, 2.45) is 4.99 Å². The van der Waals surface area contributed by atoms with Gasteiger partial charge in [0.05, 0.1) is 35.1 Å². The quantitative estimate of drug-likeness (QED) is 0.477. The van der Waals surface area contributed by atoms with Crippen LogP contribution in [0.4, 0.5) is 8.78 Å². The van der Waals surface area contributed by atoms with E-state index in [1.54, 1.807) is 0 Å². The topological polar surface area (TPSA) is 104 Å². The third-order valence-corrected chi connectivity index (χ3v) is 7.19. The molecule has 3 rings (SSSR count). The van der Waals surface area contributed by atoms with Gasteiger partial charge in [0.2, 0.25) is 5.91 Å². The van der Waals surface area contributed by atoms with Crippen LogP contribution in [0, 0.1) is 11.6 Å². The molecular weight excluding hydrogens is 466 g/mol.